The first-order chi connectivity index (χ1) is 12.2. The topological polar surface area (TPSA) is 56.8 Å². The number of hydrogen-bond donors (Lipinski definition) is 1. The summed E-state index contributed by atoms with van der Waals surface area (Å²) in [6.07, 6.45) is 2.48. The van der Waals surface area contributed by atoms with E-state index in [2.05, 4.69) is 5.32 Å². The molecule has 1 N–H and O–H groups in total. The van der Waals surface area contributed by atoms with Gasteiger partial charge < -0.3 is 19.5 Å². The van der Waals surface area contributed by atoms with Crippen LogP contribution in [-0.4, -0.2) is 26.4 Å². The summed E-state index contributed by atoms with van der Waals surface area (Å²) in [5.41, 5.74) is 1.69. The molecule has 5 heteroatoms. The van der Waals surface area contributed by atoms with E-state index in [1.54, 1.807) is 7.11 Å². The number of hydrogen-bond acceptors (Lipinski definition) is 4. The normalized spacial score (nSPS) is 16.4. The average Bonchev–Trinajstić information content (AvgIpc) is 3.33. The van der Waals surface area contributed by atoms with Gasteiger partial charge in [0.15, 0.2) is 11.5 Å². The summed E-state index contributed by atoms with van der Waals surface area (Å²) < 4.78 is 16.1. The van der Waals surface area contributed by atoms with Crippen LogP contribution >= 0.6 is 0 Å². The predicted molar refractivity (Wildman–Crippen MR) is 93.2 cm³/mol. The molecule has 2 aliphatic rings. The second-order valence-electron chi connectivity index (χ2n) is 6.47. The molecule has 0 radical (unpaired) electrons. The Bertz CT molecular complexity index is 798. The first-order valence-corrected chi connectivity index (χ1v) is 8.53. The van der Waals surface area contributed by atoms with E-state index in [1.165, 1.54) is 0 Å². The fourth-order valence-electron chi connectivity index (χ4n) is 3.36. The summed E-state index contributed by atoms with van der Waals surface area (Å²) >= 11 is 0. The van der Waals surface area contributed by atoms with Gasteiger partial charge in [-0.3, -0.25) is 4.79 Å². The molecule has 1 aliphatic heterocycles. The highest BCUT2D eigenvalue weighted by Crippen LogP contribution is 2.50. The Morgan fingerprint density at radius 1 is 1.16 bits per heavy atom. The zero-order valence-electron chi connectivity index (χ0n) is 14.2. The molecule has 2 aromatic carbocycles. The van der Waals surface area contributed by atoms with E-state index in [9.17, 15) is 4.79 Å². The number of amides is 1. The van der Waals surface area contributed by atoms with Gasteiger partial charge >= 0.3 is 0 Å². The molecule has 1 amide bonds. The van der Waals surface area contributed by atoms with Crippen LogP contribution in [0.2, 0.25) is 0 Å². The molecule has 0 atom stereocenters. The lowest BCUT2D eigenvalue weighted by atomic mass is 9.94. The summed E-state index contributed by atoms with van der Waals surface area (Å²) in [6.45, 7) is 0.836. The van der Waals surface area contributed by atoms with E-state index in [0.29, 0.717) is 6.54 Å². The molecule has 0 spiro atoms. The second-order valence-corrected chi connectivity index (χ2v) is 6.47. The number of methoxy groups -OCH3 is 1. The predicted octanol–water partition coefficient (Wildman–Crippen LogP) is 2.81. The van der Waals surface area contributed by atoms with Crippen LogP contribution in [0.25, 0.3) is 0 Å². The molecule has 2 aromatic rings. The third-order valence-corrected chi connectivity index (χ3v) is 4.98. The quantitative estimate of drug-likeness (QED) is 0.879. The number of fused-ring (bicyclic) bond motifs is 1. The van der Waals surface area contributed by atoms with E-state index in [1.807, 2.05) is 42.5 Å². The van der Waals surface area contributed by atoms with Crippen molar-refractivity contribution in [2.75, 3.05) is 20.4 Å². The Labute approximate surface area is 146 Å². The SMILES string of the molecule is COc1ccccc1CCNC(=O)C1(c2ccc3c(c2)OCO3)CC1. The molecular formula is C20H21NO4. The van der Waals surface area contributed by atoms with Gasteiger partial charge in [-0.15, -0.1) is 0 Å². The van der Waals surface area contributed by atoms with Crippen molar-refractivity contribution in [3.8, 4) is 17.2 Å². The second kappa shape index (κ2) is 6.31. The standard InChI is InChI=1S/C20H21NO4/c1-23-16-5-3-2-4-14(16)8-11-21-19(22)20(9-10-20)15-6-7-17-18(12-15)25-13-24-17/h2-7,12H,8-11,13H2,1H3,(H,21,22). The van der Waals surface area contributed by atoms with Crippen LogP contribution < -0.4 is 19.5 Å². The third-order valence-electron chi connectivity index (χ3n) is 4.98. The first kappa shape index (κ1) is 15.8. The fourth-order valence-corrected chi connectivity index (χ4v) is 3.36. The van der Waals surface area contributed by atoms with E-state index < -0.39 is 5.41 Å². The highest BCUT2D eigenvalue weighted by molar-refractivity contribution is 5.91. The first-order valence-electron chi connectivity index (χ1n) is 8.53. The van der Waals surface area contributed by atoms with Crippen LogP contribution in [0.3, 0.4) is 0 Å². The lowest BCUT2D eigenvalue weighted by Crippen LogP contribution is -2.36. The van der Waals surface area contributed by atoms with E-state index >= 15 is 0 Å². The number of rotatable bonds is 6. The maximum Gasteiger partial charge on any atom is 0.231 e. The zero-order valence-corrected chi connectivity index (χ0v) is 14.2. The van der Waals surface area contributed by atoms with Gasteiger partial charge in [-0.05, 0) is 48.6 Å². The molecule has 4 rings (SSSR count). The van der Waals surface area contributed by atoms with Crippen molar-refractivity contribution >= 4 is 5.91 Å². The van der Waals surface area contributed by atoms with Gasteiger partial charge in [0.05, 0.1) is 12.5 Å². The van der Waals surface area contributed by atoms with Crippen LogP contribution in [0.5, 0.6) is 17.2 Å². The van der Waals surface area contributed by atoms with Gasteiger partial charge in [-0.1, -0.05) is 24.3 Å². The summed E-state index contributed by atoms with van der Waals surface area (Å²) in [4.78, 5) is 12.8. The highest BCUT2D eigenvalue weighted by atomic mass is 16.7. The van der Waals surface area contributed by atoms with Gasteiger partial charge in [0, 0.05) is 6.54 Å². The molecule has 0 unspecified atom stereocenters. The molecule has 0 aromatic heterocycles. The molecule has 5 nitrogen and oxygen atoms in total. The van der Waals surface area contributed by atoms with Gasteiger partial charge in [0.2, 0.25) is 12.7 Å². The highest BCUT2D eigenvalue weighted by Gasteiger charge is 2.51. The van der Waals surface area contributed by atoms with Crippen molar-refractivity contribution in [3.63, 3.8) is 0 Å². The van der Waals surface area contributed by atoms with Crippen LogP contribution in [-0.2, 0) is 16.6 Å². The number of ether oxygens (including phenoxy) is 3. The molecule has 0 saturated heterocycles. The Balaban J connectivity index is 1.41. The summed E-state index contributed by atoms with van der Waals surface area (Å²) in [7, 11) is 1.66. The summed E-state index contributed by atoms with van der Waals surface area (Å²) in [5, 5.41) is 3.08. The van der Waals surface area contributed by atoms with Gasteiger partial charge in [0.25, 0.3) is 0 Å². The Morgan fingerprint density at radius 2 is 1.96 bits per heavy atom. The van der Waals surface area contributed by atoms with Gasteiger partial charge in [-0.2, -0.15) is 0 Å². The number of carbonyl (C=O) groups is 1. The maximum atomic E-state index is 12.8. The van der Waals surface area contributed by atoms with Crippen LogP contribution in [0.4, 0.5) is 0 Å². The Kier molecular flexibility index (Phi) is 3.99. The van der Waals surface area contributed by atoms with Crippen molar-refractivity contribution in [2.45, 2.75) is 24.7 Å². The number of benzene rings is 2. The van der Waals surface area contributed by atoms with E-state index in [0.717, 1.165) is 47.6 Å². The third kappa shape index (κ3) is 2.90. The minimum Gasteiger partial charge on any atom is -0.496 e. The zero-order chi connectivity index (χ0) is 17.3. The molecule has 1 aliphatic carbocycles. The van der Waals surface area contributed by atoms with E-state index in [4.69, 9.17) is 14.2 Å². The number of nitrogens with one attached hydrogen (secondary N) is 1. The van der Waals surface area contributed by atoms with Gasteiger partial charge in [-0.25, -0.2) is 0 Å². The summed E-state index contributed by atoms with van der Waals surface area (Å²) in [5.74, 6) is 2.41. The van der Waals surface area contributed by atoms with E-state index in [-0.39, 0.29) is 12.7 Å². The van der Waals surface area contributed by atoms with Crippen molar-refractivity contribution in [2.24, 2.45) is 0 Å². The minimum absolute atomic E-state index is 0.0845. The summed E-state index contributed by atoms with van der Waals surface area (Å²) in [6, 6.07) is 13.7. The Morgan fingerprint density at radius 3 is 2.76 bits per heavy atom. The molecular weight excluding hydrogens is 318 g/mol. The van der Waals surface area contributed by atoms with Crippen molar-refractivity contribution in [1.82, 2.24) is 5.32 Å². The minimum atomic E-state index is -0.415. The molecule has 1 heterocycles. The molecule has 1 fully saturated rings. The van der Waals surface area contributed by atoms with Crippen LogP contribution in [0, 0.1) is 0 Å². The molecule has 1 saturated carbocycles. The van der Waals surface area contributed by atoms with Crippen molar-refractivity contribution in [1.29, 1.82) is 0 Å². The molecule has 25 heavy (non-hydrogen) atoms. The molecule has 0 bridgehead atoms. The van der Waals surface area contributed by atoms with Crippen molar-refractivity contribution < 1.29 is 19.0 Å². The van der Waals surface area contributed by atoms with Crippen LogP contribution in [0.1, 0.15) is 24.0 Å². The fraction of sp³-hybridized carbons (Fsp3) is 0.350. The smallest absolute Gasteiger partial charge is 0.231 e. The average molecular weight is 339 g/mol. The maximum absolute atomic E-state index is 12.8. The largest absolute Gasteiger partial charge is 0.496 e. The Hall–Kier alpha value is -2.69. The number of carbonyl (C=O) groups excluding carboxylic acids is 1. The van der Waals surface area contributed by atoms with Crippen molar-refractivity contribution in [3.05, 3.63) is 53.6 Å². The van der Waals surface area contributed by atoms with Crippen LogP contribution in [0.15, 0.2) is 42.5 Å². The lowest BCUT2D eigenvalue weighted by Gasteiger charge is -2.16. The van der Waals surface area contributed by atoms with Gasteiger partial charge in [0.1, 0.15) is 5.75 Å². The molecule has 130 valence electrons. The lowest BCUT2D eigenvalue weighted by molar-refractivity contribution is -0.123. The number of para-hydroxylation sites is 1. The monoisotopic (exact) mass is 339 g/mol.